The van der Waals surface area contributed by atoms with Crippen LogP contribution in [0.4, 0.5) is 16.2 Å². The van der Waals surface area contributed by atoms with Crippen molar-refractivity contribution in [2.45, 2.75) is 0 Å². The summed E-state index contributed by atoms with van der Waals surface area (Å²) in [5.41, 5.74) is 6.59. The smallest absolute Gasteiger partial charge is 0.317 e. The molecule has 1 aromatic carbocycles. The lowest BCUT2D eigenvalue weighted by Crippen LogP contribution is -2.35. The number of amides is 3. The number of halogens is 1. The van der Waals surface area contributed by atoms with Gasteiger partial charge in [0.15, 0.2) is 0 Å². The highest BCUT2D eigenvalue weighted by molar-refractivity contribution is 6.31. The summed E-state index contributed by atoms with van der Waals surface area (Å²) >= 11 is 5.76. The van der Waals surface area contributed by atoms with Crippen LogP contribution in [0, 0.1) is 0 Å². The van der Waals surface area contributed by atoms with Gasteiger partial charge in [-0.2, -0.15) is 0 Å². The molecule has 1 aliphatic heterocycles. The van der Waals surface area contributed by atoms with Gasteiger partial charge < -0.3 is 21.3 Å². The van der Waals surface area contributed by atoms with Crippen LogP contribution in [0.3, 0.4) is 0 Å². The van der Waals surface area contributed by atoms with Crippen molar-refractivity contribution in [1.82, 2.24) is 10.2 Å². The molecule has 0 aromatic heterocycles. The molecule has 7 heteroatoms. The number of nitrogens with two attached hydrogens (primary N) is 1. The maximum absolute atomic E-state index is 11.7. The van der Waals surface area contributed by atoms with E-state index in [0.717, 1.165) is 0 Å². The van der Waals surface area contributed by atoms with Gasteiger partial charge >= 0.3 is 6.03 Å². The van der Waals surface area contributed by atoms with Crippen LogP contribution in [-0.4, -0.2) is 36.5 Å². The van der Waals surface area contributed by atoms with Crippen LogP contribution in [0.5, 0.6) is 0 Å². The van der Waals surface area contributed by atoms with E-state index in [1.807, 2.05) is 0 Å². The van der Waals surface area contributed by atoms with E-state index < -0.39 is 0 Å². The molecule has 0 saturated carbocycles. The van der Waals surface area contributed by atoms with Crippen molar-refractivity contribution in [3.63, 3.8) is 0 Å². The minimum atomic E-state index is -0.291. The molecule has 4 N–H and O–H groups in total. The van der Waals surface area contributed by atoms with E-state index in [1.54, 1.807) is 18.2 Å². The summed E-state index contributed by atoms with van der Waals surface area (Å²) in [7, 11) is 0. The molecule has 1 aliphatic rings. The molecule has 0 spiro atoms. The highest BCUT2D eigenvalue weighted by Crippen LogP contribution is 2.22. The highest BCUT2D eigenvalue weighted by atomic mass is 35.5. The number of carbonyl (C=O) groups is 2. The average Bonchev–Trinajstić information content (AvgIpc) is 2.69. The number of carbonyl (C=O) groups excluding carboxylic acids is 2. The van der Waals surface area contributed by atoms with Crippen molar-refractivity contribution in [3.8, 4) is 0 Å². The summed E-state index contributed by atoms with van der Waals surface area (Å²) in [5, 5.41) is 5.77. The molecule has 2 rings (SSSR count). The number of nitrogen functional groups attached to an aromatic ring is 1. The lowest BCUT2D eigenvalue weighted by atomic mass is 10.2. The largest absolute Gasteiger partial charge is 0.397 e. The predicted molar refractivity (Wildman–Crippen MR) is 69.5 cm³/mol. The van der Waals surface area contributed by atoms with E-state index in [4.69, 9.17) is 17.3 Å². The molecule has 1 heterocycles. The molecule has 96 valence electrons. The number of nitrogens with zero attached hydrogens (tertiary/aromatic N) is 1. The minimum Gasteiger partial charge on any atom is -0.397 e. The van der Waals surface area contributed by atoms with E-state index in [-0.39, 0.29) is 18.5 Å². The third kappa shape index (κ3) is 2.84. The first-order valence-corrected chi connectivity index (χ1v) is 5.82. The highest BCUT2D eigenvalue weighted by Gasteiger charge is 2.21. The third-order valence-electron chi connectivity index (χ3n) is 2.57. The summed E-state index contributed by atoms with van der Waals surface area (Å²) < 4.78 is 0. The van der Waals surface area contributed by atoms with Gasteiger partial charge in [-0.3, -0.25) is 4.79 Å². The Morgan fingerprint density at radius 1 is 1.56 bits per heavy atom. The van der Waals surface area contributed by atoms with Gasteiger partial charge in [-0.1, -0.05) is 11.6 Å². The van der Waals surface area contributed by atoms with Crippen LogP contribution >= 0.6 is 11.6 Å². The zero-order chi connectivity index (χ0) is 13.1. The Hall–Kier alpha value is -1.95. The molecular weight excluding hydrogens is 256 g/mol. The molecule has 6 nitrogen and oxygen atoms in total. The van der Waals surface area contributed by atoms with Gasteiger partial charge in [-0.25, -0.2) is 4.79 Å². The molecule has 18 heavy (non-hydrogen) atoms. The summed E-state index contributed by atoms with van der Waals surface area (Å²) in [6.07, 6.45) is 0. The molecule has 1 fully saturated rings. The van der Waals surface area contributed by atoms with Crippen molar-refractivity contribution in [1.29, 1.82) is 0 Å². The van der Waals surface area contributed by atoms with Gasteiger partial charge in [0.1, 0.15) is 6.54 Å². The second kappa shape index (κ2) is 5.14. The Morgan fingerprint density at radius 3 is 2.94 bits per heavy atom. The van der Waals surface area contributed by atoms with Crippen LogP contribution in [-0.2, 0) is 4.79 Å². The first kappa shape index (κ1) is 12.5. The summed E-state index contributed by atoms with van der Waals surface area (Å²) in [5.74, 6) is -0.291. The van der Waals surface area contributed by atoms with Crippen molar-refractivity contribution in [2.24, 2.45) is 0 Å². The maximum atomic E-state index is 11.7. The Labute approximate surface area is 109 Å². The third-order valence-corrected chi connectivity index (χ3v) is 2.80. The van der Waals surface area contributed by atoms with Crippen molar-refractivity contribution in [3.05, 3.63) is 23.2 Å². The second-order valence-electron chi connectivity index (χ2n) is 3.93. The van der Waals surface area contributed by atoms with E-state index in [9.17, 15) is 9.59 Å². The predicted octanol–water partition coefficient (Wildman–Crippen LogP) is 0.886. The molecule has 3 amide bonds. The Bertz CT molecular complexity index is 492. The lowest BCUT2D eigenvalue weighted by Gasteiger charge is -2.14. The first-order valence-electron chi connectivity index (χ1n) is 5.44. The summed E-state index contributed by atoms with van der Waals surface area (Å²) in [4.78, 5) is 24.4. The van der Waals surface area contributed by atoms with E-state index >= 15 is 0 Å². The summed E-state index contributed by atoms with van der Waals surface area (Å²) in [6.45, 7) is 1.10. The Kier molecular flexibility index (Phi) is 3.57. The fourth-order valence-corrected chi connectivity index (χ4v) is 1.85. The minimum absolute atomic E-state index is 0.00784. The van der Waals surface area contributed by atoms with Crippen LogP contribution in [0.1, 0.15) is 0 Å². The van der Waals surface area contributed by atoms with Gasteiger partial charge in [0, 0.05) is 18.1 Å². The molecule has 1 aromatic rings. The fourth-order valence-electron chi connectivity index (χ4n) is 1.67. The van der Waals surface area contributed by atoms with E-state index in [0.29, 0.717) is 29.5 Å². The zero-order valence-electron chi connectivity index (χ0n) is 9.57. The number of benzene rings is 1. The van der Waals surface area contributed by atoms with Gasteiger partial charge in [0.2, 0.25) is 5.91 Å². The van der Waals surface area contributed by atoms with Gasteiger partial charge in [0.25, 0.3) is 0 Å². The van der Waals surface area contributed by atoms with Crippen molar-refractivity contribution in [2.75, 3.05) is 30.7 Å². The normalized spacial score (nSPS) is 14.5. The molecule has 0 atom stereocenters. The topological polar surface area (TPSA) is 87.5 Å². The molecule has 0 aliphatic carbocycles. The second-order valence-corrected chi connectivity index (χ2v) is 4.37. The van der Waals surface area contributed by atoms with E-state index in [2.05, 4.69) is 10.6 Å². The van der Waals surface area contributed by atoms with E-state index in [1.165, 1.54) is 4.90 Å². The summed E-state index contributed by atoms with van der Waals surface area (Å²) in [6, 6.07) is 4.59. The number of hydrogen-bond donors (Lipinski definition) is 3. The number of rotatable bonds is 3. The Balaban J connectivity index is 1.96. The number of urea groups is 1. The number of anilines is 2. The lowest BCUT2D eigenvalue weighted by molar-refractivity contribution is -0.116. The SMILES string of the molecule is Nc1cc(Cl)ccc1NC(=O)CN1CCNC1=O. The van der Waals surface area contributed by atoms with Crippen molar-refractivity contribution < 1.29 is 9.59 Å². The molecule has 1 saturated heterocycles. The van der Waals surface area contributed by atoms with Gasteiger partial charge in [0.05, 0.1) is 11.4 Å². The number of hydrogen-bond acceptors (Lipinski definition) is 3. The van der Waals surface area contributed by atoms with Crippen LogP contribution in [0.15, 0.2) is 18.2 Å². The molecule has 0 bridgehead atoms. The van der Waals surface area contributed by atoms with Crippen LogP contribution < -0.4 is 16.4 Å². The maximum Gasteiger partial charge on any atom is 0.317 e. The van der Waals surface area contributed by atoms with Crippen LogP contribution in [0.2, 0.25) is 5.02 Å². The quantitative estimate of drug-likeness (QED) is 0.712. The van der Waals surface area contributed by atoms with Crippen LogP contribution in [0.25, 0.3) is 0 Å². The zero-order valence-corrected chi connectivity index (χ0v) is 10.3. The van der Waals surface area contributed by atoms with Gasteiger partial charge in [-0.15, -0.1) is 0 Å². The molecule has 0 radical (unpaired) electrons. The molecular formula is C11H13ClN4O2. The van der Waals surface area contributed by atoms with Gasteiger partial charge in [-0.05, 0) is 18.2 Å². The molecule has 0 unspecified atom stereocenters. The monoisotopic (exact) mass is 268 g/mol. The Morgan fingerprint density at radius 2 is 2.33 bits per heavy atom. The standard InChI is InChI=1S/C11H13ClN4O2/c12-7-1-2-9(8(13)5-7)15-10(17)6-16-4-3-14-11(16)18/h1-2,5H,3-4,6,13H2,(H,14,18)(H,15,17). The average molecular weight is 269 g/mol. The first-order chi connectivity index (χ1) is 8.56. The van der Waals surface area contributed by atoms with Crippen molar-refractivity contribution >= 4 is 34.9 Å². The number of nitrogens with one attached hydrogen (secondary N) is 2. The fraction of sp³-hybridized carbons (Fsp3) is 0.273.